The first-order valence-electron chi connectivity index (χ1n) is 11.0. The SMILES string of the molecule is COc1ccc(N2C(=O)C(Cc3cccc(Cl)c3Cl)S/C2=C(/C#N)C(=O)Nc2ccccc2OC)cc1. The molecule has 1 atom stereocenters. The highest BCUT2D eigenvalue weighted by molar-refractivity contribution is 8.05. The van der Waals surface area contributed by atoms with Gasteiger partial charge in [-0.05, 0) is 54.4 Å². The molecular formula is C27H21Cl2N3O4S. The summed E-state index contributed by atoms with van der Waals surface area (Å²) in [4.78, 5) is 28.3. The maximum absolute atomic E-state index is 13.7. The highest BCUT2D eigenvalue weighted by atomic mass is 35.5. The summed E-state index contributed by atoms with van der Waals surface area (Å²) in [7, 11) is 3.02. The summed E-state index contributed by atoms with van der Waals surface area (Å²) in [6.07, 6.45) is 0.256. The van der Waals surface area contributed by atoms with Gasteiger partial charge in [-0.1, -0.05) is 59.2 Å². The molecule has 0 aliphatic carbocycles. The summed E-state index contributed by atoms with van der Waals surface area (Å²) >= 11 is 13.7. The molecule has 1 heterocycles. The second kappa shape index (κ2) is 11.6. The number of ether oxygens (including phenoxy) is 2. The number of nitriles is 1. The minimum Gasteiger partial charge on any atom is -0.497 e. The summed E-state index contributed by atoms with van der Waals surface area (Å²) in [6.45, 7) is 0. The fourth-order valence-corrected chi connectivity index (χ4v) is 5.48. The lowest BCUT2D eigenvalue weighted by atomic mass is 10.1. The van der Waals surface area contributed by atoms with E-state index in [9.17, 15) is 14.9 Å². The third-order valence-corrected chi connectivity index (χ3v) is 7.75. The third kappa shape index (κ3) is 5.54. The first-order chi connectivity index (χ1) is 17.9. The molecule has 3 aromatic rings. The van der Waals surface area contributed by atoms with Gasteiger partial charge in [-0.25, -0.2) is 0 Å². The summed E-state index contributed by atoms with van der Waals surface area (Å²) < 4.78 is 10.5. The zero-order valence-electron chi connectivity index (χ0n) is 19.8. The van der Waals surface area contributed by atoms with Gasteiger partial charge in [0, 0.05) is 5.69 Å². The Labute approximate surface area is 228 Å². The van der Waals surface area contributed by atoms with E-state index in [1.807, 2.05) is 6.07 Å². The van der Waals surface area contributed by atoms with Crippen molar-refractivity contribution >= 4 is 58.2 Å². The summed E-state index contributed by atoms with van der Waals surface area (Å²) in [5.41, 5.74) is 1.37. The molecule has 7 nitrogen and oxygen atoms in total. The van der Waals surface area contributed by atoms with Crippen LogP contribution in [-0.4, -0.2) is 31.3 Å². The molecule has 188 valence electrons. The second-order valence-corrected chi connectivity index (χ2v) is 9.82. The van der Waals surface area contributed by atoms with Crippen LogP contribution in [0.5, 0.6) is 11.5 Å². The molecule has 1 unspecified atom stereocenters. The number of para-hydroxylation sites is 2. The molecule has 0 bridgehead atoms. The third-order valence-electron chi connectivity index (χ3n) is 5.63. The molecule has 37 heavy (non-hydrogen) atoms. The fraction of sp³-hybridized carbons (Fsp3) is 0.148. The van der Waals surface area contributed by atoms with Crippen LogP contribution in [0.1, 0.15) is 5.56 Å². The Hall–Kier alpha value is -3.64. The summed E-state index contributed by atoms with van der Waals surface area (Å²) in [5.74, 6) is 0.0836. The zero-order valence-corrected chi connectivity index (χ0v) is 22.2. The van der Waals surface area contributed by atoms with E-state index < -0.39 is 11.2 Å². The van der Waals surface area contributed by atoms with Crippen molar-refractivity contribution in [1.29, 1.82) is 5.26 Å². The van der Waals surface area contributed by atoms with E-state index in [1.54, 1.807) is 66.7 Å². The predicted molar refractivity (Wildman–Crippen MR) is 146 cm³/mol. The van der Waals surface area contributed by atoms with Crippen LogP contribution in [0, 0.1) is 11.3 Å². The maximum atomic E-state index is 13.7. The van der Waals surface area contributed by atoms with Crippen LogP contribution in [0.3, 0.4) is 0 Å². The number of amides is 2. The van der Waals surface area contributed by atoms with Gasteiger partial charge in [-0.3, -0.25) is 14.5 Å². The van der Waals surface area contributed by atoms with Crippen LogP contribution in [0.4, 0.5) is 11.4 Å². The molecule has 3 aromatic carbocycles. The van der Waals surface area contributed by atoms with Gasteiger partial charge in [0.05, 0.1) is 35.2 Å². The van der Waals surface area contributed by atoms with E-state index in [4.69, 9.17) is 32.7 Å². The molecule has 4 rings (SSSR count). The average Bonchev–Trinajstić information content (AvgIpc) is 3.22. The smallest absolute Gasteiger partial charge is 0.269 e. The number of hydrogen-bond donors (Lipinski definition) is 1. The monoisotopic (exact) mass is 553 g/mol. The van der Waals surface area contributed by atoms with Crippen molar-refractivity contribution in [3.8, 4) is 17.6 Å². The van der Waals surface area contributed by atoms with Crippen LogP contribution < -0.4 is 19.7 Å². The fourth-order valence-electron chi connectivity index (χ4n) is 3.79. The lowest BCUT2D eigenvalue weighted by Crippen LogP contribution is -2.31. The minimum atomic E-state index is -0.665. The van der Waals surface area contributed by atoms with Gasteiger partial charge >= 0.3 is 0 Å². The van der Waals surface area contributed by atoms with Crippen molar-refractivity contribution in [1.82, 2.24) is 0 Å². The molecule has 2 amide bonds. The number of thioether (sulfide) groups is 1. The number of benzene rings is 3. The standard InChI is InChI=1S/C27H21Cl2N3O4S/c1-35-18-12-10-17(11-13-18)32-26(34)23(14-16-6-5-7-20(28)24(16)29)37-27(32)19(15-30)25(33)31-21-8-3-4-9-22(21)36-2/h3-13,23H,14H2,1-2H3,(H,31,33)/b27-19-. The first kappa shape index (κ1) is 26.4. The molecule has 10 heteroatoms. The van der Waals surface area contributed by atoms with E-state index in [2.05, 4.69) is 5.32 Å². The Morgan fingerprint density at radius 1 is 1.05 bits per heavy atom. The number of rotatable bonds is 7. The van der Waals surface area contributed by atoms with Crippen LogP contribution >= 0.6 is 35.0 Å². The summed E-state index contributed by atoms with van der Waals surface area (Å²) in [5, 5.41) is 13.1. The van der Waals surface area contributed by atoms with E-state index in [-0.39, 0.29) is 22.9 Å². The number of nitrogens with zero attached hydrogens (tertiary/aromatic N) is 2. The molecule has 0 aromatic heterocycles. The minimum absolute atomic E-state index is 0.209. The Balaban J connectivity index is 1.75. The van der Waals surface area contributed by atoms with Gasteiger partial charge in [0.25, 0.3) is 5.91 Å². The van der Waals surface area contributed by atoms with Crippen molar-refractivity contribution in [2.45, 2.75) is 11.7 Å². The largest absolute Gasteiger partial charge is 0.497 e. The van der Waals surface area contributed by atoms with Crippen LogP contribution in [0.15, 0.2) is 77.3 Å². The van der Waals surface area contributed by atoms with E-state index in [0.717, 1.165) is 11.8 Å². The van der Waals surface area contributed by atoms with Crippen LogP contribution in [0.2, 0.25) is 10.0 Å². The van der Waals surface area contributed by atoms with Crippen molar-refractivity contribution < 1.29 is 19.1 Å². The van der Waals surface area contributed by atoms with Gasteiger partial charge in [0.15, 0.2) is 0 Å². The number of carbonyl (C=O) groups excluding carboxylic acids is 2. The highest BCUT2D eigenvalue weighted by Gasteiger charge is 2.41. The lowest BCUT2D eigenvalue weighted by Gasteiger charge is -2.19. The lowest BCUT2D eigenvalue weighted by molar-refractivity contribution is -0.117. The average molecular weight is 554 g/mol. The van der Waals surface area contributed by atoms with Crippen molar-refractivity contribution in [2.24, 2.45) is 0 Å². The van der Waals surface area contributed by atoms with E-state index in [0.29, 0.717) is 38.5 Å². The predicted octanol–water partition coefficient (Wildman–Crippen LogP) is 6.08. The molecule has 0 saturated carbocycles. The Kier molecular flexibility index (Phi) is 8.29. The normalized spacial score (nSPS) is 16.2. The van der Waals surface area contributed by atoms with Crippen LogP contribution in [0.25, 0.3) is 0 Å². The van der Waals surface area contributed by atoms with E-state index in [1.165, 1.54) is 19.1 Å². The highest BCUT2D eigenvalue weighted by Crippen LogP contribution is 2.43. The molecule has 1 saturated heterocycles. The van der Waals surface area contributed by atoms with Crippen molar-refractivity contribution in [3.63, 3.8) is 0 Å². The van der Waals surface area contributed by atoms with Crippen molar-refractivity contribution in [2.75, 3.05) is 24.4 Å². The topological polar surface area (TPSA) is 91.7 Å². The first-order valence-corrected chi connectivity index (χ1v) is 12.7. The Morgan fingerprint density at radius 3 is 2.46 bits per heavy atom. The molecule has 0 radical (unpaired) electrons. The summed E-state index contributed by atoms with van der Waals surface area (Å²) in [6, 6.07) is 20.9. The van der Waals surface area contributed by atoms with Crippen LogP contribution in [-0.2, 0) is 16.0 Å². The molecule has 1 N–H and O–H groups in total. The number of anilines is 2. The van der Waals surface area contributed by atoms with Crippen molar-refractivity contribution in [3.05, 3.63) is 92.9 Å². The molecule has 0 spiro atoms. The van der Waals surface area contributed by atoms with Gasteiger partial charge in [0.2, 0.25) is 5.91 Å². The van der Waals surface area contributed by atoms with Gasteiger partial charge < -0.3 is 14.8 Å². The Bertz CT molecular complexity index is 1420. The molecule has 1 aliphatic heterocycles. The molecule has 1 aliphatic rings. The van der Waals surface area contributed by atoms with Gasteiger partial charge in [0.1, 0.15) is 28.2 Å². The number of nitrogens with one attached hydrogen (secondary N) is 1. The number of methoxy groups -OCH3 is 2. The van der Waals surface area contributed by atoms with Gasteiger partial charge in [-0.2, -0.15) is 5.26 Å². The maximum Gasteiger partial charge on any atom is 0.269 e. The second-order valence-electron chi connectivity index (χ2n) is 7.84. The Morgan fingerprint density at radius 2 is 1.78 bits per heavy atom. The molecular weight excluding hydrogens is 533 g/mol. The number of hydrogen-bond acceptors (Lipinski definition) is 6. The van der Waals surface area contributed by atoms with Gasteiger partial charge in [-0.15, -0.1) is 0 Å². The quantitative estimate of drug-likeness (QED) is 0.281. The van der Waals surface area contributed by atoms with E-state index >= 15 is 0 Å². The number of carbonyl (C=O) groups is 2. The molecule has 1 fully saturated rings. The number of halogens is 2. The zero-order chi connectivity index (χ0) is 26.5.